The lowest BCUT2D eigenvalue weighted by Gasteiger charge is -2.28. The van der Waals surface area contributed by atoms with Crippen LogP contribution in [0.1, 0.15) is 36.8 Å². The van der Waals surface area contributed by atoms with Crippen molar-refractivity contribution < 1.29 is 9.18 Å². The molecule has 0 aliphatic rings. The van der Waals surface area contributed by atoms with Crippen molar-refractivity contribution >= 4 is 27.5 Å². The van der Waals surface area contributed by atoms with Crippen LogP contribution >= 0.6 is 11.3 Å². The van der Waals surface area contributed by atoms with E-state index in [1.807, 2.05) is 19.9 Å². The second-order valence-corrected chi connectivity index (χ2v) is 7.56. The molecule has 0 radical (unpaired) electrons. The quantitative estimate of drug-likeness (QED) is 0.647. The number of carbonyl (C=O) groups excluding carboxylic acids is 1. The smallest absolute Gasteiger partial charge is 0.262 e. The van der Waals surface area contributed by atoms with Crippen molar-refractivity contribution in [2.45, 2.75) is 39.3 Å². The minimum absolute atomic E-state index is 0.0761. The van der Waals surface area contributed by atoms with Gasteiger partial charge >= 0.3 is 0 Å². The molecule has 0 unspecified atom stereocenters. The van der Waals surface area contributed by atoms with Crippen LogP contribution in [-0.2, 0) is 17.8 Å². The van der Waals surface area contributed by atoms with Gasteiger partial charge in [0.25, 0.3) is 5.56 Å². The van der Waals surface area contributed by atoms with Crippen molar-refractivity contribution in [2.24, 2.45) is 0 Å². The normalized spacial score (nSPS) is 12.3. The molecule has 0 aliphatic heterocycles. The molecule has 0 spiro atoms. The van der Waals surface area contributed by atoms with Gasteiger partial charge in [-0.1, -0.05) is 26.0 Å². The average molecular weight is 387 g/mol. The van der Waals surface area contributed by atoms with Gasteiger partial charge in [-0.05, 0) is 36.6 Å². The van der Waals surface area contributed by atoms with Crippen LogP contribution in [-0.4, -0.2) is 27.4 Å². The van der Waals surface area contributed by atoms with Crippen molar-refractivity contribution in [1.29, 1.82) is 0 Å². The lowest BCUT2D eigenvalue weighted by atomic mass is 10.0. The van der Waals surface area contributed by atoms with Gasteiger partial charge < -0.3 is 4.90 Å². The van der Waals surface area contributed by atoms with E-state index in [1.54, 1.807) is 24.1 Å². The molecule has 1 amide bonds. The minimum atomic E-state index is -0.310. The zero-order valence-electron chi connectivity index (χ0n) is 15.6. The van der Waals surface area contributed by atoms with Gasteiger partial charge in [0, 0.05) is 11.9 Å². The number of rotatable bonds is 6. The van der Waals surface area contributed by atoms with Gasteiger partial charge in [0.1, 0.15) is 17.2 Å². The maximum absolute atomic E-state index is 13.2. The number of hydrogen-bond acceptors (Lipinski definition) is 4. The molecule has 142 valence electrons. The Morgan fingerprint density at radius 2 is 2.00 bits per heavy atom. The fourth-order valence-electron chi connectivity index (χ4n) is 3.15. The lowest BCUT2D eigenvalue weighted by Crippen LogP contribution is -2.36. The number of thiophene rings is 1. The van der Waals surface area contributed by atoms with E-state index >= 15 is 0 Å². The Kier molecular flexibility index (Phi) is 5.70. The molecule has 0 saturated carbocycles. The van der Waals surface area contributed by atoms with Crippen molar-refractivity contribution in [2.75, 3.05) is 7.05 Å². The molecule has 5 nitrogen and oxygen atoms in total. The summed E-state index contributed by atoms with van der Waals surface area (Å²) >= 11 is 1.50. The SMILES string of the molecule is CCc1cc2c(=O)n(CC(=O)N(C)[C@@H](CC)c3ccc(F)cc3)cnc2s1. The van der Waals surface area contributed by atoms with Crippen LogP contribution in [0.2, 0.25) is 0 Å². The standard InChI is InChI=1S/C20H22FN3O2S/c1-4-15-10-16-19(27-15)22-12-24(20(16)26)11-18(25)23(3)17(5-2)13-6-8-14(21)9-7-13/h6-10,12,17H,4-5,11H2,1-3H3/t17-/m0/s1. The monoisotopic (exact) mass is 387 g/mol. The summed E-state index contributed by atoms with van der Waals surface area (Å²) in [5.74, 6) is -0.504. The van der Waals surface area contributed by atoms with Gasteiger partial charge in [-0.3, -0.25) is 14.2 Å². The van der Waals surface area contributed by atoms with Gasteiger partial charge in [0.15, 0.2) is 0 Å². The molecule has 0 saturated heterocycles. The highest BCUT2D eigenvalue weighted by Crippen LogP contribution is 2.24. The van der Waals surface area contributed by atoms with E-state index in [4.69, 9.17) is 0 Å². The highest BCUT2D eigenvalue weighted by molar-refractivity contribution is 7.18. The van der Waals surface area contributed by atoms with E-state index < -0.39 is 0 Å². The topological polar surface area (TPSA) is 55.2 Å². The maximum atomic E-state index is 13.2. The van der Waals surface area contributed by atoms with Crippen LogP contribution in [0.25, 0.3) is 10.2 Å². The number of benzene rings is 1. The van der Waals surface area contributed by atoms with Gasteiger partial charge in [-0.15, -0.1) is 11.3 Å². The number of hydrogen-bond donors (Lipinski definition) is 0. The summed E-state index contributed by atoms with van der Waals surface area (Å²) in [7, 11) is 1.70. The van der Waals surface area contributed by atoms with E-state index in [0.717, 1.165) is 16.9 Å². The number of halogens is 1. The molecule has 27 heavy (non-hydrogen) atoms. The number of nitrogens with zero attached hydrogens (tertiary/aromatic N) is 3. The Bertz CT molecular complexity index is 1010. The van der Waals surface area contributed by atoms with Crippen molar-refractivity contribution in [3.05, 3.63) is 63.3 Å². The number of amides is 1. The van der Waals surface area contributed by atoms with E-state index in [1.165, 1.54) is 34.4 Å². The third-order valence-corrected chi connectivity index (χ3v) is 5.91. The first-order valence-electron chi connectivity index (χ1n) is 8.93. The molecule has 2 aromatic heterocycles. The van der Waals surface area contributed by atoms with Crippen LogP contribution in [0.3, 0.4) is 0 Å². The molecule has 2 heterocycles. The highest BCUT2D eigenvalue weighted by atomic mass is 32.1. The fraction of sp³-hybridized carbons (Fsp3) is 0.350. The van der Waals surface area contributed by atoms with Gasteiger partial charge in [-0.25, -0.2) is 9.37 Å². The van der Waals surface area contributed by atoms with Crippen LogP contribution in [0.15, 0.2) is 41.5 Å². The third-order valence-electron chi connectivity index (χ3n) is 4.73. The predicted octanol–water partition coefficient (Wildman–Crippen LogP) is 3.77. The first kappa shape index (κ1) is 19.2. The third kappa shape index (κ3) is 3.93. The zero-order valence-corrected chi connectivity index (χ0v) is 16.4. The largest absolute Gasteiger partial charge is 0.337 e. The Morgan fingerprint density at radius 1 is 1.30 bits per heavy atom. The van der Waals surface area contributed by atoms with E-state index in [-0.39, 0.29) is 29.9 Å². The maximum Gasteiger partial charge on any atom is 0.262 e. The summed E-state index contributed by atoms with van der Waals surface area (Å²) in [5.41, 5.74) is 0.661. The zero-order chi connectivity index (χ0) is 19.6. The van der Waals surface area contributed by atoms with Crippen LogP contribution < -0.4 is 5.56 Å². The molecular weight excluding hydrogens is 365 g/mol. The van der Waals surface area contributed by atoms with Crippen molar-refractivity contribution in [1.82, 2.24) is 14.5 Å². The number of aryl methyl sites for hydroxylation is 1. The predicted molar refractivity (Wildman–Crippen MR) is 105 cm³/mol. The fourth-order valence-corrected chi connectivity index (χ4v) is 4.07. The van der Waals surface area contributed by atoms with Crippen LogP contribution in [0.5, 0.6) is 0 Å². The Hall–Kier alpha value is -2.54. The Balaban J connectivity index is 1.83. The number of likely N-dealkylation sites (N-methyl/N-ethyl adjacent to an activating group) is 1. The molecule has 1 aromatic carbocycles. The van der Waals surface area contributed by atoms with Gasteiger partial charge in [-0.2, -0.15) is 0 Å². The summed E-state index contributed by atoms with van der Waals surface area (Å²) in [5, 5.41) is 0.556. The van der Waals surface area contributed by atoms with Gasteiger partial charge in [0.2, 0.25) is 5.91 Å². The van der Waals surface area contributed by atoms with E-state index in [0.29, 0.717) is 16.6 Å². The van der Waals surface area contributed by atoms with Crippen LogP contribution in [0, 0.1) is 5.82 Å². The number of aromatic nitrogens is 2. The summed E-state index contributed by atoms with van der Waals surface area (Å²) in [6.45, 7) is 3.92. The molecular formula is C20H22FN3O2S. The second kappa shape index (κ2) is 8.00. The molecule has 7 heteroatoms. The molecule has 0 aliphatic carbocycles. The molecule has 0 bridgehead atoms. The van der Waals surface area contributed by atoms with Crippen molar-refractivity contribution in [3.8, 4) is 0 Å². The van der Waals surface area contributed by atoms with Crippen LogP contribution in [0.4, 0.5) is 4.39 Å². The summed E-state index contributed by atoms with van der Waals surface area (Å²) in [6.07, 6.45) is 2.97. The molecule has 0 fully saturated rings. The van der Waals surface area contributed by atoms with Crippen molar-refractivity contribution in [3.63, 3.8) is 0 Å². The molecule has 1 atom stereocenters. The number of fused-ring (bicyclic) bond motifs is 1. The molecule has 3 aromatic rings. The lowest BCUT2D eigenvalue weighted by molar-refractivity contribution is -0.132. The molecule has 3 rings (SSSR count). The second-order valence-electron chi connectivity index (χ2n) is 6.44. The highest BCUT2D eigenvalue weighted by Gasteiger charge is 2.21. The minimum Gasteiger partial charge on any atom is -0.337 e. The molecule has 0 N–H and O–H groups in total. The first-order valence-corrected chi connectivity index (χ1v) is 9.75. The van der Waals surface area contributed by atoms with Gasteiger partial charge in [0.05, 0.1) is 17.8 Å². The number of carbonyl (C=O) groups is 1. The summed E-state index contributed by atoms with van der Waals surface area (Å²) < 4.78 is 14.5. The summed E-state index contributed by atoms with van der Waals surface area (Å²) in [6, 6.07) is 7.82. The average Bonchev–Trinajstić information content (AvgIpc) is 3.10. The Labute approximate surface area is 161 Å². The van der Waals surface area contributed by atoms with E-state index in [9.17, 15) is 14.0 Å². The summed E-state index contributed by atoms with van der Waals surface area (Å²) in [4.78, 5) is 33.2. The first-order chi connectivity index (χ1) is 12.9. The Morgan fingerprint density at radius 3 is 2.63 bits per heavy atom. The van der Waals surface area contributed by atoms with E-state index in [2.05, 4.69) is 4.98 Å².